The molecule has 0 saturated heterocycles. The van der Waals surface area contributed by atoms with Crippen molar-refractivity contribution in [1.82, 2.24) is 10.6 Å². The van der Waals surface area contributed by atoms with Gasteiger partial charge in [-0.25, -0.2) is 4.39 Å². The van der Waals surface area contributed by atoms with Crippen LogP contribution < -0.4 is 10.6 Å². The molecule has 21 heavy (non-hydrogen) atoms. The van der Waals surface area contributed by atoms with E-state index in [2.05, 4.69) is 10.6 Å². The first-order valence-electron chi connectivity index (χ1n) is 6.46. The van der Waals surface area contributed by atoms with Crippen LogP contribution in [0.4, 0.5) is 4.39 Å². The predicted octanol–water partition coefficient (Wildman–Crippen LogP) is 2.32. The quantitative estimate of drug-likeness (QED) is 0.860. The molecule has 1 aromatic carbocycles. The molecule has 0 unspecified atom stereocenters. The Morgan fingerprint density at radius 3 is 2.52 bits per heavy atom. The molecular formula is C15H15FN2O2S. The Balaban J connectivity index is 1.66. The molecule has 6 heteroatoms. The first-order chi connectivity index (χ1) is 10.1. The van der Waals surface area contributed by atoms with Crippen LogP contribution in [0.25, 0.3) is 0 Å². The van der Waals surface area contributed by atoms with Gasteiger partial charge in [0.25, 0.3) is 5.91 Å². The van der Waals surface area contributed by atoms with Gasteiger partial charge in [-0.15, -0.1) is 0 Å². The maximum Gasteiger partial charge on any atom is 0.252 e. The van der Waals surface area contributed by atoms with Gasteiger partial charge in [0.2, 0.25) is 5.91 Å². The fourth-order valence-corrected chi connectivity index (χ4v) is 2.31. The van der Waals surface area contributed by atoms with Crippen LogP contribution >= 0.6 is 11.3 Å². The fraction of sp³-hybridized carbons (Fsp3) is 0.200. The lowest BCUT2D eigenvalue weighted by atomic mass is 10.2. The van der Waals surface area contributed by atoms with Gasteiger partial charge >= 0.3 is 0 Å². The zero-order valence-electron chi connectivity index (χ0n) is 11.3. The van der Waals surface area contributed by atoms with Gasteiger partial charge in [0.15, 0.2) is 0 Å². The SMILES string of the molecule is O=C(CCNC(=O)c1ccsc1)NCc1ccc(F)cc1. The van der Waals surface area contributed by atoms with E-state index in [0.717, 1.165) is 5.56 Å². The maximum atomic E-state index is 12.7. The monoisotopic (exact) mass is 306 g/mol. The minimum atomic E-state index is -0.304. The summed E-state index contributed by atoms with van der Waals surface area (Å²) in [6, 6.07) is 7.67. The second kappa shape index (κ2) is 7.54. The van der Waals surface area contributed by atoms with Crippen molar-refractivity contribution < 1.29 is 14.0 Å². The fourth-order valence-electron chi connectivity index (χ4n) is 1.68. The van der Waals surface area contributed by atoms with Crippen molar-refractivity contribution in [3.05, 3.63) is 58.0 Å². The van der Waals surface area contributed by atoms with E-state index in [4.69, 9.17) is 0 Å². The van der Waals surface area contributed by atoms with Crippen molar-refractivity contribution in [3.63, 3.8) is 0 Å². The number of carbonyl (C=O) groups is 2. The molecule has 2 rings (SSSR count). The standard InChI is InChI=1S/C15H15FN2O2S/c16-13-3-1-11(2-4-13)9-18-14(19)5-7-17-15(20)12-6-8-21-10-12/h1-4,6,8,10H,5,7,9H2,(H,17,20)(H,18,19). The summed E-state index contributed by atoms with van der Waals surface area (Å²) in [7, 11) is 0. The molecule has 0 aliphatic rings. The van der Waals surface area contributed by atoms with Gasteiger partial charge in [0.1, 0.15) is 5.82 Å². The molecule has 0 aliphatic carbocycles. The van der Waals surface area contributed by atoms with Crippen molar-refractivity contribution in [3.8, 4) is 0 Å². The van der Waals surface area contributed by atoms with Crippen molar-refractivity contribution in [2.75, 3.05) is 6.54 Å². The largest absolute Gasteiger partial charge is 0.352 e. The van der Waals surface area contributed by atoms with Crippen LogP contribution in [0, 0.1) is 5.82 Å². The summed E-state index contributed by atoms with van der Waals surface area (Å²) in [5.41, 5.74) is 1.43. The van der Waals surface area contributed by atoms with Crippen molar-refractivity contribution >= 4 is 23.2 Å². The van der Waals surface area contributed by atoms with E-state index >= 15 is 0 Å². The van der Waals surface area contributed by atoms with Gasteiger partial charge in [0.05, 0.1) is 0 Å². The number of halogens is 1. The van der Waals surface area contributed by atoms with E-state index in [9.17, 15) is 14.0 Å². The summed E-state index contributed by atoms with van der Waals surface area (Å²) >= 11 is 1.45. The summed E-state index contributed by atoms with van der Waals surface area (Å²) in [5, 5.41) is 8.97. The van der Waals surface area contributed by atoms with Crippen LogP contribution in [-0.4, -0.2) is 18.4 Å². The smallest absolute Gasteiger partial charge is 0.252 e. The molecule has 2 N–H and O–H groups in total. The van der Waals surface area contributed by atoms with E-state index < -0.39 is 0 Å². The first-order valence-corrected chi connectivity index (χ1v) is 7.41. The molecule has 2 amide bonds. The summed E-state index contributed by atoms with van der Waals surface area (Å²) in [6.45, 7) is 0.627. The normalized spacial score (nSPS) is 10.1. The molecule has 0 bridgehead atoms. The average molecular weight is 306 g/mol. The van der Waals surface area contributed by atoms with E-state index in [0.29, 0.717) is 12.1 Å². The average Bonchev–Trinajstić information content (AvgIpc) is 3.01. The van der Waals surface area contributed by atoms with Crippen molar-refractivity contribution in [2.45, 2.75) is 13.0 Å². The number of benzene rings is 1. The molecular weight excluding hydrogens is 291 g/mol. The molecule has 0 fully saturated rings. The number of hydrogen-bond acceptors (Lipinski definition) is 3. The Kier molecular flexibility index (Phi) is 5.45. The lowest BCUT2D eigenvalue weighted by Gasteiger charge is -2.06. The zero-order valence-corrected chi connectivity index (χ0v) is 12.1. The van der Waals surface area contributed by atoms with Crippen molar-refractivity contribution in [1.29, 1.82) is 0 Å². The Hall–Kier alpha value is -2.21. The number of nitrogens with one attached hydrogen (secondary N) is 2. The second-order valence-corrected chi connectivity index (χ2v) is 5.20. The summed E-state index contributed by atoms with van der Waals surface area (Å²) in [4.78, 5) is 23.2. The molecule has 2 aromatic rings. The zero-order chi connectivity index (χ0) is 15.1. The van der Waals surface area contributed by atoms with Gasteiger partial charge in [-0.05, 0) is 29.1 Å². The lowest BCUT2D eigenvalue weighted by Crippen LogP contribution is -2.30. The van der Waals surface area contributed by atoms with Crippen LogP contribution in [0.5, 0.6) is 0 Å². The third-order valence-corrected chi connectivity index (χ3v) is 3.51. The molecule has 0 aliphatic heterocycles. The van der Waals surface area contributed by atoms with Gasteiger partial charge in [-0.1, -0.05) is 12.1 Å². The maximum absolute atomic E-state index is 12.7. The minimum Gasteiger partial charge on any atom is -0.352 e. The highest BCUT2D eigenvalue weighted by molar-refractivity contribution is 7.08. The van der Waals surface area contributed by atoms with Gasteiger partial charge in [-0.3, -0.25) is 9.59 Å². The summed E-state index contributed by atoms with van der Waals surface area (Å²) in [5.74, 6) is -0.645. The number of hydrogen-bond donors (Lipinski definition) is 2. The van der Waals surface area contributed by atoms with Crippen LogP contribution in [-0.2, 0) is 11.3 Å². The Morgan fingerprint density at radius 2 is 1.86 bits per heavy atom. The van der Waals surface area contributed by atoms with E-state index in [1.54, 1.807) is 23.6 Å². The minimum absolute atomic E-state index is 0.162. The number of amides is 2. The van der Waals surface area contributed by atoms with Crippen molar-refractivity contribution in [2.24, 2.45) is 0 Å². The van der Waals surface area contributed by atoms with Crippen LogP contribution in [0.15, 0.2) is 41.1 Å². The molecule has 1 heterocycles. The number of carbonyl (C=O) groups excluding carboxylic acids is 2. The predicted molar refractivity (Wildman–Crippen MR) is 79.5 cm³/mol. The number of rotatable bonds is 6. The molecule has 0 atom stereocenters. The van der Waals surface area contributed by atoms with Crippen LogP contribution in [0.1, 0.15) is 22.3 Å². The highest BCUT2D eigenvalue weighted by Gasteiger charge is 2.06. The molecule has 0 radical (unpaired) electrons. The molecule has 0 spiro atoms. The highest BCUT2D eigenvalue weighted by Crippen LogP contribution is 2.05. The number of thiophene rings is 1. The summed E-state index contributed by atoms with van der Waals surface area (Å²) in [6.07, 6.45) is 0.205. The van der Waals surface area contributed by atoms with Gasteiger partial charge < -0.3 is 10.6 Å². The third-order valence-electron chi connectivity index (χ3n) is 2.82. The Labute approximate surface area is 126 Å². The van der Waals surface area contributed by atoms with E-state index in [1.807, 2.05) is 5.38 Å². The molecule has 4 nitrogen and oxygen atoms in total. The highest BCUT2D eigenvalue weighted by atomic mass is 32.1. The second-order valence-electron chi connectivity index (χ2n) is 4.42. The molecule has 0 saturated carbocycles. The lowest BCUT2D eigenvalue weighted by molar-refractivity contribution is -0.121. The topological polar surface area (TPSA) is 58.2 Å². The Bertz CT molecular complexity index is 597. The van der Waals surface area contributed by atoms with Crippen LogP contribution in [0.2, 0.25) is 0 Å². The first kappa shape index (κ1) is 15.2. The van der Waals surface area contributed by atoms with E-state index in [1.165, 1.54) is 23.5 Å². The van der Waals surface area contributed by atoms with E-state index in [-0.39, 0.29) is 30.6 Å². The molecule has 110 valence electrons. The van der Waals surface area contributed by atoms with Crippen LogP contribution in [0.3, 0.4) is 0 Å². The molecule has 1 aromatic heterocycles. The summed E-state index contributed by atoms with van der Waals surface area (Å²) < 4.78 is 12.7. The Morgan fingerprint density at radius 1 is 1.10 bits per heavy atom. The van der Waals surface area contributed by atoms with Gasteiger partial charge in [-0.2, -0.15) is 11.3 Å². The third kappa shape index (κ3) is 5.00. The van der Waals surface area contributed by atoms with Gasteiger partial charge in [0, 0.05) is 30.5 Å².